The topological polar surface area (TPSA) is 16.4 Å². The van der Waals surface area contributed by atoms with Gasteiger partial charge in [0.25, 0.3) is 0 Å². The maximum Gasteiger partial charge on any atom is 0.134 e. The molecule has 2 heterocycles. The highest BCUT2D eigenvalue weighted by Gasteiger charge is 2.36. The molecule has 0 N–H and O–H groups in total. The van der Waals surface area contributed by atoms with E-state index >= 15 is 0 Å². The van der Waals surface area contributed by atoms with Crippen LogP contribution in [-0.4, -0.2) is 18.5 Å². The molecule has 106 valence electrons. The van der Waals surface area contributed by atoms with Crippen LogP contribution in [0.5, 0.6) is 0 Å². The lowest BCUT2D eigenvalue weighted by Gasteiger charge is -2.41. The number of hydrogen-bond donors (Lipinski definition) is 0. The molecule has 1 aromatic heterocycles. The fraction of sp³-hybridized carbons (Fsp3) is 0.263. The lowest BCUT2D eigenvalue weighted by atomic mass is 9.72. The molecule has 0 radical (unpaired) electrons. The molecule has 0 spiro atoms. The molecule has 2 aromatic carbocycles. The molecule has 4 rings (SSSR count). The number of likely N-dealkylation sites (N-methyl/N-ethyl adjacent to an activating group) is 1. The van der Waals surface area contributed by atoms with Crippen LogP contribution in [0.4, 0.5) is 0 Å². The highest BCUT2D eigenvalue weighted by molar-refractivity contribution is 5.78. The first kappa shape index (κ1) is 12.7. The molecule has 0 saturated heterocycles. The minimum atomic E-state index is 0.00454. The fourth-order valence-corrected chi connectivity index (χ4v) is 3.71. The minimum Gasteiger partial charge on any atom is -0.464 e. The normalized spacial score (nSPS) is 22.4. The number of nitrogens with zero attached hydrogens (tertiary/aromatic N) is 1. The first-order valence-corrected chi connectivity index (χ1v) is 7.41. The standard InChI is InChI=1S/C19H19NO/c1-19(16-8-7-14-9-10-21-18(14)11-16)13-20(2)12-15-5-3-4-6-17(15)19/h3-11H,12-13H2,1-2H3. The molecule has 1 aliphatic rings. The smallest absolute Gasteiger partial charge is 0.134 e. The Morgan fingerprint density at radius 2 is 1.95 bits per heavy atom. The summed E-state index contributed by atoms with van der Waals surface area (Å²) in [4.78, 5) is 2.40. The van der Waals surface area contributed by atoms with Crippen LogP contribution >= 0.6 is 0 Å². The molecule has 1 unspecified atom stereocenters. The van der Waals surface area contributed by atoms with E-state index in [2.05, 4.69) is 61.3 Å². The summed E-state index contributed by atoms with van der Waals surface area (Å²) in [5.74, 6) is 0. The van der Waals surface area contributed by atoms with E-state index in [0.29, 0.717) is 0 Å². The second kappa shape index (κ2) is 4.47. The summed E-state index contributed by atoms with van der Waals surface area (Å²) >= 11 is 0. The summed E-state index contributed by atoms with van der Waals surface area (Å²) in [6.45, 7) is 4.39. The van der Waals surface area contributed by atoms with Gasteiger partial charge in [0, 0.05) is 23.9 Å². The van der Waals surface area contributed by atoms with Crippen molar-refractivity contribution in [1.82, 2.24) is 4.90 Å². The lowest BCUT2D eigenvalue weighted by Crippen LogP contribution is -2.42. The molecule has 0 aliphatic carbocycles. The zero-order valence-corrected chi connectivity index (χ0v) is 12.5. The maximum absolute atomic E-state index is 5.60. The first-order valence-electron chi connectivity index (χ1n) is 7.41. The third-order valence-corrected chi connectivity index (χ3v) is 4.73. The molecular weight excluding hydrogens is 258 g/mol. The summed E-state index contributed by atoms with van der Waals surface area (Å²) in [7, 11) is 2.19. The van der Waals surface area contributed by atoms with Gasteiger partial charge in [-0.2, -0.15) is 0 Å². The molecule has 3 aromatic rings. The van der Waals surface area contributed by atoms with Crippen LogP contribution in [0.25, 0.3) is 11.0 Å². The van der Waals surface area contributed by atoms with Crippen LogP contribution in [0.3, 0.4) is 0 Å². The number of benzene rings is 2. The van der Waals surface area contributed by atoms with Crippen molar-refractivity contribution in [2.75, 3.05) is 13.6 Å². The van der Waals surface area contributed by atoms with Crippen molar-refractivity contribution in [2.45, 2.75) is 18.9 Å². The van der Waals surface area contributed by atoms with Gasteiger partial charge in [0.05, 0.1) is 6.26 Å². The van der Waals surface area contributed by atoms with Crippen molar-refractivity contribution in [1.29, 1.82) is 0 Å². The first-order chi connectivity index (χ1) is 10.2. The van der Waals surface area contributed by atoms with Gasteiger partial charge in [0.1, 0.15) is 5.58 Å². The summed E-state index contributed by atoms with van der Waals surface area (Å²) < 4.78 is 5.60. The summed E-state index contributed by atoms with van der Waals surface area (Å²) in [5.41, 5.74) is 5.16. The van der Waals surface area contributed by atoms with E-state index in [0.717, 1.165) is 18.7 Å². The molecular formula is C19H19NO. The largest absolute Gasteiger partial charge is 0.464 e. The summed E-state index contributed by atoms with van der Waals surface area (Å²) in [5, 5.41) is 1.17. The Morgan fingerprint density at radius 1 is 1.10 bits per heavy atom. The average molecular weight is 277 g/mol. The summed E-state index contributed by atoms with van der Waals surface area (Å²) in [6, 6.07) is 17.4. The Bertz CT molecular complexity index is 804. The van der Waals surface area contributed by atoms with Crippen molar-refractivity contribution in [3.8, 4) is 0 Å². The molecule has 0 amide bonds. The summed E-state index contributed by atoms with van der Waals surface area (Å²) in [6.07, 6.45) is 1.76. The van der Waals surface area contributed by atoms with Crippen molar-refractivity contribution in [2.24, 2.45) is 0 Å². The number of hydrogen-bond acceptors (Lipinski definition) is 2. The van der Waals surface area contributed by atoms with Gasteiger partial charge >= 0.3 is 0 Å². The molecule has 0 fully saturated rings. The predicted octanol–water partition coefficient (Wildman–Crippen LogP) is 4.18. The van der Waals surface area contributed by atoms with E-state index in [-0.39, 0.29) is 5.41 Å². The van der Waals surface area contributed by atoms with Gasteiger partial charge in [0.15, 0.2) is 0 Å². The second-order valence-corrected chi connectivity index (χ2v) is 6.33. The quantitative estimate of drug-likeness (QED) is 0.663. The zero-order chi connectivity index (χ0) is 14.4. The second-order valence-electron chi connectivity index (χ2n) is 6.33. The Hall–Kier alpha value is -2.06. The third kappa shape index (κ3) is 1.90. The Morgan fingerprint density at radius 3 is 2.86 bits per heavy atom. The SMILES string of the molecule is CN1Cc2ccccc2C(C)(c2ccc3ccoc3c2)C1. The average Bonchev–Trinajstić information content (AvgIpc) is 2.94. The van der Waals surface area contributed by atoms with Gasteiger partial charge in [0.2, 0.25) is 0 Å². The Balaban J connectivity index is 1.92. The van der Waals surface area contributed by atoms with Crippen molar-refractivity contribution in [3.05, 3.63) is 71.5 Å². The number of rotatable bonds is 1. The lowest BCUT2D eigenvalue weighted by molar-refractivity contribution is 0.248. The molecule has 1 atom stereocenters. The number of furan rings is 1. The van der Waals surface area contributed by atoms with Crippen LogP contribution in [0.1, 0.15) is 23.6 Å². The van der Waals surface area contributed by atoms with E-state index in [4.69, 9.17) is 4.42 Å². The van der Waals surface area contributed by atoms with Gasteiger partial charge in [-0.25, -0.2) is 0 Å². The molecule has 1 aliphatic heterocycles. The van der Waals surface area contributed by atoms with E-state index < -0.39 is 0 Å². The zero-order valence-electron chi connectivity index (χ0n) is 12.5. The Kier molecular flexibility index (Phi) is 2.69. The third-order valence-electron chi connectivity index (χ3n) is 4.73. The van der Waals surface area contributed by atoms with Crippen LogP contribution < -0.4 is 0 Å². The van der Waals surface area contributed by atoms with Gasteiger partial charge in [-0.05, 0) is 35.9 Å². The van der Waals surface area contributed by atoms with E-state index in [1.807, 2.05) is 6.07 Å². The van der Waals surface area contributed by atoms with Crippen LogP contribution in [-0.2, 0) is 12.0 Å². The van der Waals surface area contributed by atoms with Crippen molar-refractivity contribution >= 4 is 11.0 Å². The predicted molar refractivity (Wildman–Crippen MR) is 85.4 cm³/mol. The molecule has 2 heteroatoms. The van der Waals surface area contributed by atoms with E-state index in [1.54, 1.807) is 6.26 Å². The minimum absolute atomic E-state index is 0.00454. The molecule has 0 saturated carbocycles. The molecule has 21 heavy (non-hydrogen) atoms. The van der Waals surface area contributed by atoms with Gasteiger partial charge in [-0.1, -0.05) is 43.3 Å². The van der Waals surface area contributed by atoms with Crippen LogP contribution in [0.15, 0.2) is 59.2 Å². The van der Waals surface area contributed by atoms with Crippen molar-refractivity contribution in [3.63, 3.8) is 0 Å². The number of fused-ring (bicyclic) bond motifs is 2. The van der Waals surface area contributed by atoms with Crippen LogP contribution in [0.2, 0.25) is 0 Å². The molecule has 2 nitrogen and oxygen atoms in total. The van der Waals surface area contributed by atoms with E-state index in [1.165, 1.54) is 22.1 Å². The van der Waals surface area contributed by atoms with Gasteiger partial charge in [-0.3, -0.25) is 0 Å². The van der Waals surface area contributed by atoms with E-state index in [9.17, 15) is 0 Å². The van der Waals surface area contributed by atoms with Crippen LogP contribution in [0, 0.1) is 0 Å². The van der Waals surface area contributed by atoms with Gasteiger partial charge < -0.3 is 9.32 Å². The molecule has 0 bridgehead atoms. The fourth-order valence-electron chi connectivity index (χ4n) is 3.71. The van der Waals surface area contributed by atoms with Crippen molar-refractivity contribution < 1.29 is 4.42 Å². The monoisotopic (exact) mass is 277 g/mol. The maximum atomic E-state index is 5.60. The van der Waals surface area contributed by atoms with Gasteiger partial charge in [-0.15, -0.1) is 0 Å². The highest BCUT2D eigenvalue weighted by atomic mass is 16.3. The Labute approximate surface area is 125 Å². The highest BCUT2D eigenvalue weighted by Crippen LogP contribution is 2.39.